The summed E-state index contributed by atoms with van der Waals surface area (Å²) in [7, 11) is 5.33. The van der Waals surface area contributed by atoms with E-state index in [4.69, 9.17) is 4.74 Å². The van der Waals surface area contributed by atoms with Gasteiger partial charge < -0.3 is 10.1 Å². The SMILES string of the molecule is CCc1ccc(/C(=N\C=N/C)Sc2cccc(NC)c2)cc1OC. The van der Waals surface area contributed by atoms with Gasteiger partial charge in [-0.05, 0) is 36.2 Å². The maximum Gasteiger partial charge on any atom is 0.122 e. The van der Waals surface area contributed by atoms with Crippen LogP contribution in [-0.4, -0.2) is 32.6 Å². The van der Waals surface area contributed by atoms with Crippen molar-refractivity contribution < 1.29 is 4.74 Å². The highest BCUT2D eigenvalue weighted by atomic mass is 32.2. The minimum atomic E-state index is 0.884. The molecule has 5 heteroatoms. The Bertz CT molecular complexity index is 741. The molecule has 2 aromatic rings. The standard InChI is InChI=1S/C19H23N3OS/c1-5-14-9-10-15(11-18(14)23-4)19(22-13-20-2)24-17-8-6-7-16(12-17)21-3/h6-13,21H,5H2,1-4H3/b20-13-,22-19+. The fourth-order valence-corrected chi connectivity index (χ4v) is 3.17. The molecule has 0 fully saturated rings. The zero-order valence-corrected chi connectivity index (χ0v) is 15.4. The number of methoxy groups -OCH3 is 1. The Balaban J connectivity index is 2.38. The summed E-state index contributed by atoms with van der Waals surface area (Å²) < 4.78 is 5.51. The summed E-state index contributed by atoms with van der Waals surface area (Å²) in [5.74, 6) is 0.890. The Morgan fingerprint density at radius 3 is 2.75 bits per heavy atom. The summed E-state index contributed by atoms with van der Waals surface area (Å²) in [4.78, 5) is 9.60. The molecule has 24 heavy (non-hydrogen) atoms. The second-order valence-electron chi connectivity index (χ2n) is 5.07. The molecule has 0 amide bonds. The van der Waals surface area contributed by atoms with Crippen molar-refractivity contribution in [2.24, 2.45) is 9.98 Å². The number of aliphatic imine (C=N–C) groups is 2. The van der Waals surface area contributed by atoms with Crippen LogP contribution in [0.25, 0.3) is 0 Å². The largest absolute Gasteiger partial charge is 0.496 e. The minimum absolute atomic E-state index is 0.884. The number of nitrogens with zero attached hydrogens (tertiary/aromatic N) is 2. The van der Waals surface area contributed by atoms with E-state index in [1.165, 1.54) is 5.56 Å². The number of hydrogen-bond donors (Lipinski definition) is 1. The van der Waals surface area contributed by atoms with Crippen LogP contribution in [0.1, 0.15) is 18.1 Å². The molecule has 0 heterocycles. The van der Waals surface area contributed by atoms with Crippen molar-refractivity contribution in [2.75, 3.05) is 26.5 Å². The third kappa shape index (κ3) is 4.61. The molecule has 0 aliphatic heterocycles. The third-order valence-electron chi connectivity index (χ3n) is 3.54. The van der Waals surface area contributed by atoms with E-state index < -0.39 is 0 Å². The Hall–Kier alpha value is -2.27. The molecule has 2 rings (SSSR count). The van der Waals surface area contributed by atoms with Gasteiger partial charge in [0.25, 0.3) is 0 Å². The molecule has 0 aliphatic carbocycles. The summed E-state index contributed by atoms with van der Waals surface area (Å²) >= 11 is 1.61. The van der Waals surface area contributed by atoms with Gasteiger partial charge in [-0.1, -0.05) is 36.9 Å². The molecule has 2 aromatic carbocycles. The number of thioether (sulfide) groups is 1. The van der Waals surface area contributed by atoms with Crippen LogP contribution in [0.5, 0.6) is 5.75 Å². The summed E-state index contributed by atoms with van der Waals surface area (Å²) in [5, 5.41) is 4.04. The second-order valence-corrected chi connectivity index (χ2v) is 6.13. The van der Waals surface area contributed by atoms with Crippen LogP contribution >= 0.6 is 11.8 Å². The predicted molar refractivity (Wildman–Crippen MR) is 105 cm³/mol. The van der Waals surface area contributed by atoms with Crippen molar-refractivity contribution >= 4 is 28.8 Å². The molecule has 4 nitrogen and oxygen atoms in total. The number of ether oxygens (including phenoxy) is 1. The number of anilines is 1. The fourth-order valence-electron chi connectivity index (χ4n) is 2.27. The summed E-state index contributed by atoms with van der Waals surface area (Å²) in [6, 6.07) is 14.4. The van der Waals surface area contributed by atoms with Crippen LogP contribution < -0.4 is 10.1 Å². The van der Waals surface area contributed by atoms with Gasteiger partial charge in [-0.2, -0.15) is 0 Å². The number of aryl methyl sites for hydroxylation is 1. The third-order valence-corrected chi connectivity index (χ3v) is 4.57. The number of benzene rings is 2. The highest BCUT2D eigenvalue weighted by Gasteiger charge is 2.10. The highest BCUT2D eigenvalue weighted by Crippen LogP contribution is 2.29. The van der Waals surface area contributed by atoms with Gasteiger partial charge >= 0.3 is 0 Å². The van der Waals surface area contributed by atoms with Crippen LogP contribution in [0.15, 0.2) is 57.3 Å². The Labute approximate surface area is 148 Å². The van der Waals surface area contributed by atoms with E-state index in [2.05, 4.69) is 46.5 Å². The first-order valence-corrected chi connectivity index (χ1v) is 8.64. The quantitative estimate of drug-likeness (QED) is 0.478. The van der Waals surface area contributed by atoms with Crippen LogP contribution in [0, 0.1) is 0 Å². The molecule has 0 spiro atoms. The normalized spacial score (nSPS) is 11.8. The highest BCUT2D eigenvalue weighted by molar-refractivity contribution is 8.14. The van der Waals surface area contributed by atoms with Crippen LogP contribution in [0.3, 0.4) is 0 Å². The number of hydrogen-bond acceptors (Lipinski definition) is 4. The maximum atomic E-state index is 5.51. The van der Waals surface area contributed by atoms with Gasteiger partial charge in [0.05, 0.1) is 7.11 Å². The van der Waals surface area contributed by atoms with Crippen molar-refractivity contribution in [3.05, 3.63) is 53.6 Å². The van der Waals surface area contributed by atoms with Crippen molar-refractivity contribution in [2.45, 2.75) is 18.2 Å². The Morgan fingerprint density at radius 2 is 2.08 bits per heavy atom. The van der Waals surface area contributed by atoms with E-state index in [0.29, 0.717) is 0 Å². The molecule has 0 atom stereocenters. The smallest absolute Gasteiger partial charge is 0.122 e. The summed E-state index contributed by atoms with van der Waals surface area (Å²) in [6.07, 6.45) is 2.51. The first-order valence-electron chi connectivity index (χ1n) is 7.83. The van der Waals surface area contributed by atoms with E-state index in [1.807, 2.05) is 25.2 Å². The van der Waals surface area contributed by atoms with Crippen LogP contribution in [-0.2, 0) is 6.42 Å². The molecule has 0 aliphatic rings. The van der Waals surface area contributed by atoms with Gasteiger partial charge in [0.15, 0.2) is 0 Å². The number of nitrogens with one attached hydrogen (secondary N) is 1. The van der Waals surface area contributed by atoms with Crippen molar-refractivity contribution in [3.8, 4) is 5.75 Å². The molecule has 1 N–H and O–H groups in total. The molecule has 0 unspecified atom stereocenters. The second kappa shape index (κ2) is 9.13. The first-order chi connectivity index (χ1) is 11.7. The topological polar surface area (TPSA) is 46.0 Å². The van der Waals surface area contributed by atoms with E-state index >= 15 is 0 Å². The van der Waals surface area contributed by atoms with Gasteiger partial charge in [-0.15, -0.1) is 0 Å². The van der Waals surface area contributed by atoms with Crippen LogP contribution in [0.4, 0.5) is 5.69 Å². The van der Waals surface area contributed by atoms with E-state index in [9.17, 15) is 0 Å². The monoisotopic (exact) mass is 341 g/mol. The van der Waals surface area contributed by atoms with Gasteiger partial charge in [0.2, 0.25) is 0 Å². The fraction of sp³-hybridized carbons (Fsp3) is 0.263. The lowest BCUT2D eigenvalue weighted by molar-refractivity contribution is 0.410. The van der Waals surface area contributed by atoms with Gasteiger partial charge in [0.1, 0.15) is 17.1 Å². The molecule has 0 radical (unpaired) electrons. The van der Waals surface area contributed by atoms with Gasteiger partial charge in [-0.3, -0.25) is 4.99 Å². The van der Waals surface area contributed by atoms with E-state index in [0.717, 1.165) is 33.4 Å². The van der Waals surface area contributed by atoms with E-state index in [1.54, 1.807) is 32.3 Å². The first kappa shape index (κ1) is 18.1. The zero-order chi connectivity index (χ0) is 17.4. The molecular formula is C19H23N3OS. The van der Waals surface area contributed by atoms with Crippen molar-refractivity contribution in [1.29, 1.82) is 0 Å². The lowest BCUT2D eigenvalue weighted by Crippen LogP contribution is -2.00. The van der Waals surface area contributed by atoms with Crippen molar-refractivity contribution in [3.63, 3.8) is 0 Å². The maximum absolute atomic E-state index is 5.51. The molecule has 0 saturated heterocycles. The van der Waals surface area contributed by atoms with Crippen LogP contribution in [0.2, 0.25) is 0 Å². The van der Waals surface area contributed by atoms with Gasteiger partial charge in [-0.25, -0.2) is 4.99 Å². The van der Waals surface area contributed by atoms with E-state index in [-0.39, 0.29) is 0 Å². The molecule has 126 valence electrons. The lowest BCUT2D eigenvalue weighted by Gasteiger charge is -2.11. The number of rotatable bonds is 6. The molecular weight excluding hydrogens is 318 g/mol. The van der Waals surface area contributed by atoms with Crippen molar-refractivity contribution in [1.82, 2.24) is 0 Å². The minimum Gasteiger partial charge on any atom is -0.496 e. The summed E-state index contributed by atoms with van der Waals surface area (Å²) in [5.41, 5.74) is 3.28. The Kier molecular flexibility index (Phi) is 6.88. The zero-order valence-electron chi connectivity index (χ0n) is 14.5. The molecule has 0 bridgehead atoms. The predicted octanol–water partition coefficient (Wildman–Crippen LogP) is 4.50. The molecule has 0 saturated carbocycles. The average Bonchev–Trinajstić information content (AvgIpc) is 2.64. The average molecular weight is 341 g/mol. The van der Waals surface area contributed by atoms with Gasteiger partial charge in [0, 0.05) is 30.2 Å². The lowest BCUT2D eigenvalue weighted by atomic mass is 10.1. The Morgan fingerprint density at radius 1 is 1.25 bits per heavy atom. The summed E-state index contributed by atoms with van der Waals surface area (Å²) in [6.45, 7) is 2.12. The molecule has 0 aromatic heterocycles.